The van der Waals surface area contributed by atoms with E-state index in [0.717, 1.165) is 5.56 Å². The molecule has 7 heteroatoms. The van der Waals surface area contributed by atoms with Crippen LogP contribution in [0.3, 0.4) is 0 Å². The fourth-order valence-corrected chi connectivity index (χ4v) is 1.66. The second-order valence-electron chi connectivity index (χ2n) is 4.22. The lowest BCUT2D eigenvalue weighted by Crippen LogP contribution is -2.49. The quantitative estimate of drug-likeness (QED) is 0.681. The van der Waals surface area contributed by atoms with E-state index < -0.39 is 30.6 Å². The number of carboxylic acid groups (broad SMARTS) is 1. The molecule has 0 saturated carbocycles. The number of alkyl carbamates (subject to hydrolysis) is 1. The molecular weight excluding hydrogens is 276 g/mol. The Morgan fingerprint density at radius 3 is 2.48 bits per heavy atom. The van der Waals surface area contributed by atoms with Gasteiger partial charge in [0.25, 0.3) is 0 Å². The minimum Gasteiger partial charge on any atom is -0.480 e. The van der Waals surface area contributed by atoms with Crippen molar-refractivity contribution in [2.45, 2.75) is 19.4 Å². The molecule has 1 aromatic carbocycles. The molecule has 0 aliphatic rings. The molecule has 1 rings (SSSR count). The number of carbonyl (C=O) groups is 3. The van der Waals surface area contributed by atoms with Crippen LogP contribution in [0, 0.1) is 0 Å². The number of benzene rings is 1. The molecule has 1 atom stereocenters. The van der Waals surface area contributed by atoms with Crippen molar-refractivity contribution in [3.63, 3.8) is 0 Å². The topological polar surface area (TPSA) is 105 Å². The zero-order chi connectivity index (χ0) is 15.7. The van der Waals surface area contributed by atoms with Crippen molar-refractivity contribution in [3.05, 3.63) is 35.9 Å². The lowest BCUT2D eigenvalue weighted by molar-refractivity contribution is -0.138. The second-order valence-corrected chi connectivity index (χ2v) is 4.22. The van der Waals surface area contributed by atoms with E-state index in [9.17, 15) is 14.4 Å². The van der Waals surface area contributed by atoms with E-state index in [1.807, 2.05) is 30.3 Å². The van der Waals surface area contributed by atoms with Gasteiger partial charge in [0.1, 0.15) is 12.6 Å². The van der Waals surface area contributed by atoms with Crippen LogP contribution in [0.1, 0.15) is 12.5 Å². The standard InChI is InChI=1S/C14H18N2O5/c1-2-21-14(20)16-11(13(19)15-9-12(17)18)8-10-6-4-3-5-7-10/h3-7,11H,2,8-9H2,1H3,(H,15,19)(H,16,20)(H,17,18)/t11-/m0/s1. The average Bonchev–Trinajstić information content (AvgIpc) is 2.45. The highest BCUT2D eigenvalue weighted by molar-refractivity contribution is 5.88. The Bertz CT molecular complexity index is 489. The summed E-state index contributed by atoms with van der Waals surface area (Å²) in [5, 5.41) is 13.2. The van der Waals surface area contributed by atoms with Crippen LogP contribution >= 0.6 is 0 Å². The third kappa shape index (κ3) is 6.42. The van der Waals surface area contributed by atoms with Gasteiger partial charge in [-0.1, -0.05) is 30.3 Å². The van der Waals surface area contributed by atoms with Crippen molar-refractivity contribution in [3.8, 4) is 0 Å². The Balaban J connectivity index is 2.71. The Hall–Kier alpha value is -2.57. The molecule has 0 heterocycles. The summed E-state index contributed by atoms with van der Waals surface area (Å²) in [6, 6.07) is 8.18. The first kappa shape index (κ1) is 16.5. The summed E-state index contributed by atoms with van der Waals surface area (Å²) < 4.78 is 4.74. The maximum atomic E-state index is 11.9. The van der Waals surface area contributed by atoms with Crippen LogP contribution in [0.5, 0.6) is 0 Å². The fourth-order valence-electron chi connectivity index (χ4n) is 1.66. The van der Waals surface area contributed by atoms with Gasteiger partial charge in [-0.25, -0.2) is 4.79 Å². The highest BCUT2D eigenvalue weighted by atomic mass is 16.5. The first-order valence-corrected chi connectivity index (χ1v) is 6.49. The SMILES string of the molecule is CCOC(=O)N[C@@H](Cc1ccccc1)C(=O)NCC(=O)O. The number of ether oxygens (including phenoxy) is 1. The molecule has 0 unspecified atom stereocenters. The van der Waals surface area contributed by atoms with Crippen molar-refractivity contribution in [1.82, 2.24) is 10.6 Å². The van der Waals surface area contributed by atoms with Gasteiger partial charge < -0.3 is 20.5 Å². The summed E-state index contributed by atoms with van der Waals surface area (Å²) in [4.78, 5) is 33.9. The molecule has 0 aromatic heterocycles. The molecule has 0 spiro atoms. The molecule has 0 radical (unpaired) electrons. The maximum Gasteiger partial charge on any atom is 0.407 e. The Kier molecular flexibility index (Phi) is 6.73. The van der Waals surface area contributed by atoms with Gasteiger partial charge in [-0.2, -0.15) is 0 Å². The number of carboxylic acids is 1. The number of rotatable bonds is 7. The van der Waals surface area contributed by atoms with Crippen molar-refractivity contribution in [2.24, 2.45) is 0 Å². The molecule has 0 fully saturated rings. The zero-order valence-electron chi connectivity index (χ0n) is 11.7. The van der Waals surface area contributed by atoms with E-state index in [1.54, 1.807) is 6.92 Å². The van der Waals surface area contributed by atoms with Crippen LogP contribution < -0.4 is 10.6 Å². The predicted octanol–water partition coefficient (Wildman–Crippen LogP) is 0.545. The summed E-state index contributed by atoms with van der Waals surface area (Å²) >= 11 is 0. The number of carbonyl (C=O) groups excluding carboxylic acids is 2. The summed E-state index contributed by atoms with van der Waals surface area (Å²) in [6.07, 6.45) is -0.477. The summed E-state index contributed by atoms with van der Waals surface area (Å²) in [5.41, 5.74) is 0.838. The first-order valence-electron chi connectivity index (χ1n) is 6.49. The summed E-state index contributed by atoms with van der Waals surface area (Å²) in [5.74, 6) is -1.73. The van der Waals surface area contributed by atoms with Crippen molar-refractivity contribution in [1.29, 1.82) is 0 Å². The highest BCUT2D eigenvalue weighted by Gasteiger charge is 2.22. The highest BCUT2D eigenvalue weighted by Crippen LogP contribution is 2.04. The molecule has 0 saturated heterocycles. The average molecular weight is 294 g/mol. The monoisotopic (exact) mass is 294 g/mol. The normalized spacial score (nSPS) is 11.3. The van der Waals surface area contributed by atoms with E-state index in [4.69, 9.17) is 9.84 Å². The summed E-state index contributed by atoms with van der Waals surface area (Å²) in [7, 11) is 0. The van der Waals surface area contributed by atoms with Crippen LogP contribution in [0.15, 0.2) is 30.3 Å². The maximum absolute atomic E-state index is 11.9. The molecule has 7 nitrogen and oxygen atoms in total. The van der Waals surface area contributed by atoms with E-state index in [1.165, 1.54) is 0 Å². The van der Waals surface area contributed by atoms with Gasteiger partial charge in [-0.3, -0.25) is 9.59 Å². The molecule has 2 amide bonds. The van der Waals surface area contributed by atoms with Gasteiger partial charge in [0.05, 0.1) is 6.61 Å². The van der Waals surface area contributed by atoms with Crippen molar-refractivity contribution >= 4 is 18.0 Å². The molecule has 114 valence electrons. The largest absolute Gasteiger partial charge is 0.480 e. The van der Waals surface area contributed by atoms with Gasteiger partial charge in [-0.05, 0) is 12.5 Å². The van der Waals surface area contributed by atoms with Gasteiger partial charge >= 0.3 is 12.1 Å². The molecule has 3 N–H and O–H groups in total. The lowest BCUT2D eigenvalue weighted by atomic mass is 10.1. The summed E-state index contributed by atoms with van der Waals surface area (Å²) in [6.45, 7) is 1.32. The second kappa shape index (κ2) is 8.57. The van der Waals surface area contributed by atoms with Crippen LogP contribution in [0.2, 0.25) is 0 Å². The molecular formula is C14H18N2O5. The Morgan fingerprint density at radius 1 is 1.24 bits per heavy atom. The van der Waals surface area contributed by atoms with Crippen LogP contribution in [-0.2, 0) is 20.7 Å². The Morgan fingerprint density at radius 2 is 1.90 bits per heavy atom. The Labute approximate surface area is 122 Å². The lowest BCUT2D eigenvalue weighted by Gasteiger charge is -2.17. The number of hydrogen-bond acceptors (Lipinski definition) is 4. The van der Waals surface area contributed by atoms with Crippen LogP contribution in [0.4, 0.5) is 4.79 Å². The third-order valence-electron chi connectivity index (χ3n) is 2.58. The molecule has 21 heavy (non-hydrogen) atoms. The molecule has 1 aromatic rings. The van der Waals surface area contributed by atoms with Gasteiger partial charge in [0.2, 0.25) is 5.91 Å². The third-order valence-corrected chi connectivity index (χ3v) is 2.58. The van der Waals surface area contributed by atoms with Gasteiger partial charge in [0, 0.05) is 6.42 Å². The zero-order valence-corrected chi connectivity index (χ0v) is 11.7. The van der Waals surface area contributed by atoms with Crippen LogP contribution in [0.25, 0.3) is 0 Å². The number of amides is 2. The van der Waals surface area contributed by atoms with E-state index in [2.05, 4.69) is 10.6 Å². The minimum absolute atomic E-state index is 0.181. The van der Waals surface area contributed by atoms with E-state index >= 15 is 0 Å². The van der Waals surface area contributed by atoms with Crippen molar-refractivity contribution < 1.29 is 24.2 Å². The number of nitrogens with one attached hydrogen (secondary N) is 2. The van der Waals surface area contributed by atoms with Gasteiger partial charge in [-0.15, -0.1) is 0 Å². The van der Waals surface area contributed by atoms with E-state index in [0.29, 0.717) is 0 Å². The molecule has 0 aliphatic heterocycles. The number of aliphatic carboxylic acids is 1. The van der Waals surface area contributed by atoms with Crippen LogP contribution in [-0.4, -0.2) is 42.3 Å². The van der Waals surface area contributed by atoms with E-state index in [-0.39, 0.29) is 13.0 Å². The molecule has 0 aliphatic carbocycles. The first-order chi connectivity index (χ1) is 10.0. The number of hydrogen-bond donors (Lipinski definition) is 3. The minimum atomic E-state index is -1.15. The fraction of sp³-hybridized carbons (Fsp3) is 0.357. The van der Waals surface area contributed by atoms with Gasteiger partial charge in [0.15, 0.2) is 0 Å². The smallest absolute Gasteiger partial charge is 0.407 e. The molecule has 0 bridgehead atoms. The van der Waals surface area contributed by atoms with Crippen molar-refractivity contribution in [2.75, 3.05) is 13.2 Å². The predicted molar refractivity (Wildman–Crippen MR) is 74.7 cm³/mol.